The first-order chi connectivity index (χ1) is 8.78. The minimum atomic E-state index is 0.437. The maximum absolute atomic E-state index is 5.27. The van der Waals surface area contributed by atoms with Crippen LogP contribution < -0.4 is 16.6 Å². The predicted molar refractivity (Wildman–Crippen MR) is 73.2 cm³/mol. The Morgan fingerprint density at radius 1 is 1.44 bits per heavy atom. The van der Waals surface area contributed by atoms with Gasteiger partial charge in [-0.3, -0.25) is 5.43 Å². The van der Waals surface area contributed by atoms with E-state index >= 15 is 0 Å². The zero-order valence-corrected chi connectivity index (χ0v) is 10.9. The van der Waals surface area contributed by atoms with Gasteiger partial charge in [0, 0.05) is 19.3 Å². The smallest absolute Gasteiger partial charge is 0.239 e. The number of aromatic nitrogens is 2. The van der Waals surface area contributed by atoms with Crippen LogP contribution in [0.4, 0.5) is 11.8 Å². The molecule has 2 rings (SSSR count). The van der Waals surface area contributed by atoms with E-state index in [1.807, 2.05) is 6.07 Å². The van der Waals surface area contributed by atoms with Gasteiger partial charge in [-0.05, 0) is 37.9 Å². The third kappa shape index (κ3) is 3.82. The zero-order valence-electron chi connectivity index (χ0n) is 10.9. The van der Waals surface area contributed by atoms with Crippen LogP contribution in [-0.2, 0) is 0 Å². The molecule has 0 bridgehead atoms. The molecule has 0 saturated carbocycles. The summed E-state index contributed by atoms with van der Waals surface area (Å²) < 4.78 is 0. The molecule has 0 radical (unpaired) electrons. The molecule has 6 heteroatoms. The number of nitrogen functional groups attached to an aromatic ring is 1. The van der Waals surface area contributed by atoms with Gasteiger partial charge < -0.3 is 10.2 Å². The molecule has 1 fully saturated rings. The van der Waals surface area contributed by atoms with Crippen molar-refractivity contribution in [3.8, 4) is 0 Å². The Bertz CT molecular complexity index is 363. The highest BCUT2D eigenvalue weighted by atomic mass is 15.3. The number of hydrogen-bond acceptors (Lipinski definition) is 6. The maximum atomic E-state index is 5.27. The van der Waals surface area contributed by atoms with E-state index in [0.717, 1.165) is 18.9 Å². The number of nitrogens with zero attached hydrogens (tertiary/aromatic N) is 3. The number of rotatable bonds is 6. The van der Waals surface area contributed by atoms with Gasteiger partial charge in [0.15, 0.2) is 0 Å². The van der Waals surface area contributed by atoms with E-state index in [9.17, 15) is 0 Å². The number of nitrogens with two attached hydrogens (primary N) is 1. The lowest BCUT2D eigenvalue weighted by Gasteiger charge is -2.20. The van der Waals surface area contributed by atoms with Crippen molar-refractivity contribution in [2.24, 2.45) is 11.8 Å². The molecule has 1 unspecified atom stereocenters. The summed E-state index contributed by atoms with van der Waals surface area (Å²) in [5.74, 6) is 7.13. The summed E-state index contributed by atoms with van der Waals surface area (Å²) in [5, 5.41) is 3.32. The van der Waals surface area contributed by atoms with Gasteiger partial charge in [0.1, 0.15) is 5.82 Å². The van der Waals surface area contributed by atoms with Crippen LogP contribution in [0.3, 0.4) is 0 Å². The summed E-state index contributed by atoms with van der Waals surface area (Å²) >= 11 is 0. The molecule has 1 aromatic heterocycles. The van der Waals surface area contributed by atoms with Crippen LogP contribution in [0.1, 0.15) is 19.8 Å². The van der Waals surface area contributed by atoms with Gasteiger partial charge in [-0.25, -0.2) is 10.8 Å². The standard InChI is InChI=1S/C12H22N6/c1-10(9-18-6-2-3-7-18)8-15-11-4-5-14-12(16-11)17-13/h4-5,10H,2-3,6-9,13H2,1H3,(H2,14,15,16,17). The highest BCUT2D eigenvalue weighted by molar-refractivity contribution is 5.38. The molecule has 1 aromatic rings. The van der Waals surface area contributed by atoms with Crippen LogP contribution in [0.5, 0.6) is 0 Å². The van der Waals surface area contributed by atoms with E-state index in [1.54, 1.807) is 6.20 Å². The average molecular weight is 250 g/mol. The van der Waals surface area contributed by atoms with Gasteiger partial charge >= 0.3 is 0 Å². The van der Waals surface area contributed by atoms with Crippen molar-refractivity contribution >= 4 is 11.8 Å². The second-order valence-electron chi connectivity index (χ2n) is 4.90. The van der Waals surface area contributed by atoms with E-state index in [-0.39, 0.29) is 0 Å². The van der Waals surface area contributed by atoms with E-state index in [1.165, 1.54) is 25.9 Å². The molecule has 0 aromatic carbocycles. The van der Waals surface area contributed by atoms with Crippen molar-refractivity contribution < 1.29 is 0 Å². The summed E-state index contributed by atoms with van der Waals surface area (Å²) in [6, 6.07) is 1.85. The van der Waals surface area contributed by atoms with Crippen LogP contribution in [-0.4, -0.2) is 41.0 Å². The quantitative estimate of drug-likeness (QED) is 0.514. The lowest BCUT2D eigenvalue weighted by atomic mass is 10.1. The molecular weight excluding hydrogens is 228 g/mol. The largest absolute Gasteiger partial charge is 0.370 e. The van der Waals surface area contributed by atoms with Crippen molar-refractivity contribution in [2.75, 3.05) is 36.9 Å². The Hall–Kier alpha value is -1.40. The predicted octanol–water partition coefficient (Wildman–Crippen LogP) is 0.906. The summed E-state index contributed by atoms with van der Waals surface area (Å²) in [4.78, 5) is 10.7. The lowest BCUT2D eigenvalue weighted by Crippen LogP contribution is -2.29. The van der Waals surface area contributed by atoms with Gasteiger partial charge in [0.05, 0.1) is 0 Å². The monoisotopic (exact) mass is 250 g/mol. The average Bonchev–Trinajstić information content (AvgIpc) is 2.89. The number of anilines is 2. The molecule has 1 aliphatic heterocycles. The summed E-state index contributed by atoms with van der Waals surface area (Å²) in [6.45, 7) is 6.82. The highest BCUT2D eigenvalue weighted by Gasteiger charge is 2.14. The minimum Gasteiger partial charge on any atom is -0.370 e. The summed E-state index contributed by atoms with van der Waals surface area (Å²) in [7, 11) is 0. The highest BCUT2D eigenvalue weighted by Crippen LogP contribution is 2.11. The maximum Gasteiger partial charge on any atom is 0.239 e. The summed E-state index contributed by atoms with van der Waals surface area (Å²) in [5.41, 5.74) is 2.44. The lowest BCUT2D eigenvalue weighted by molar-refractivity contribution is 0.294. The first kappa shape index (κ1) is 13.0. The van der Waals surface area contributed by atoms with Crippen molar-refractivity contribution in [1.29, 1.82) is 0 Å². The van der Waals surface area contributed by atoms with Crippen LogP contribution in [0.15, 0.2) is 12.3 Å². The second-order valence-corrected chi connectivity index (χ2v) is 4.90. The molecule has 100 valence electrons. The fourth-order valence-electron chi connectivity index (χ4n) is 2.28. The topological polar surface area (TPSA) is 79.1 Å². The molecular formula is C12H22N6. The fraction of sp³-hybridized carbons (Fsp3) is 0.667. The van der Waals surface area contributed by atoms with E-state index in [4.69, 9.17) is 5.84 Å². The van der Waals surface area contributed by atoms with Crippen molar-refractivity contribution in [3.05, 3.63) is 12.3 Å². The fourth-order valence-corrected chi connectivity index (χ4v) is 2.28. The van der Waals surface area contributed by atoms with Crippen LogP contribution in [0.2, 0.25) is 0 Å². The van der Waals surface area contributed by atoms with Gasteiger partial charge in [0.2, 0.25) is 5.95 Å². The molecule has 4 N–H and O–H groups in total. The molecule has 0 aliphatic carbocycles. The molecule has 6 nitrogen and oxygen atoms in total. The molecule has 1 aliphatic rings. The number of hydrazine groups is 1. The molecule has 1 atom stereocenters. The van der Waals surface area contributed by atoms with Gasteiger partial charge in [0.25, 0.3) is 0 Å². The van der Waals surface area contributed by atoms with Gasteiger partial charge in [-0.1, -0.05) is 6.92 Å². The van der Waals surface area contributed by atoms with Crippen LogP contribution >= 0.6 is 0 Å². The zero-order chi connectivity index (χ0) is 12.8. The van der Waals surface area contributed by atoms with Crippen molar-refractivity contribution in [2.45, 2.75) is 19.8 Å². The second kappa shape index (κ2) is 6.51. The van der Waals surface area contributed by atoms with E-state index < -0.39 is 0 Å². The van der Waals surface area contributed by atoms with E-state index in [0.29, 0.717) is 11.9 Å². The van der Waals surface area contributed by atoms with E-state index in [2.05, 4.69) is 32.5 Å². The van der Waals surface area contributed by atoms with Crippen molar-refractivity contribution in [1.82, 2.24) is 14.9 Å². The first-order valence-electron chi connectivity index (χ1n) is 6.54. The van der Waals surface area contributed by atoms with Crippen molar-refractivity contribution in [3.63, 3.8) is 0 Å². The Balaban J connectivity index is 1.75. The Kier molecular flexibility index (Phi) is 4.72. The van der Waals surface area contributed by atoms with Gasteiger partial charge in [-0.15, -0.1) is 0 Å². The molecule has 0 amide bonds. The number of nitrogens with one attached hydrogen (secondary N) is 2. The molecule has 0 spiro atoms. The Labute approximate surface area is 108 Å². The Morgan fingerprint density at radius 2 is 2.22 bits per heavy atom. The third-order valence-electron chi connectivity index (χ3n) is 3.18. The minimum absolute atomic E-state index is 0.437. The first-order valence-corrected chi connectivity index (χ1v) is 6.54. The Morgan fingerprint density at radius 3 is 2.94 bits per heavy atom. The number of likely N-dealkylation sites (tertiary alicyclic amines) is 1. The van der Waals surface area contributed by atoms with Crippen LogP contribution in [0, 0.1) is 5.92 Å². The molecule has 1 saturated heterocycles. The van der Waals surface area contributed by atoms with Gasteiger partial charge in [-0.2, -0.15) is 4.98 Å². The summed E-state index contributed by atoms with van der Waals surface area (Å²) in [6.07, 6.45) is 4.38. The normalized spacial score (nSPS) is 17.7. The third-order valence-corrected chi connectivity index (χ3v) is 3.18. The molecule has 18 heavy (non-hydrogen) atoms. The SMILES string of the molecule is CC(CNc1ccnc(NN)n1)CN1CCCC1. The molecule has 2 heterocycles. The number of hydrogen-bond donors (Lipinski definition) is 3. The van der Waals surface area contributed by atoms with Crippen LogP contribution in [0.25, 0.3) is 0 Å².